The van der Waals surface area contributed by atoms with Gasteiger partial charge in [0.05, 0.1) is 29.7 Å². The quantitative estimate of drug-likeness (QED) is 0.759. The zero-order chi connectivity index (χ0) is 14.3. The molecule has 4 nitrogen and oxygen atoms in total. The van der Waals surface area contributed by atoms with Gasteiger partial charge in [-0.1, -0.05) is 36.8 Å². The number of hydrogen-bond acceptors (Lipinski definition) is 4. The lowest BCUT2D eigenvalue weighted by molar-refractivity contribution is 0.651. The molecule has 0 saturated heterocycles. The lowest BCUT2D eigenvalue weighted by atomic mass is 9.87. The maximum absolute atomic E-state index is 9.33. The molecule has 0 bridgehead atoms. The van der Waals surface area contributed by atoms with E-state index in [4.69, 9.17) is 0 Å². The van der Waals surface area contributed by atoms with Gasteiger partial charge in [-0.3, -0.25) is 0 Å². The van der Waals surface area contributed by atoms with Gasteiger partial charge in [-0.25, -0.2) is 0 Å². The van der Waals surface area contributed by atoms with Crippen LogP contribution in [0.4, 0.5) is 0 Å². The Kier molecular flexibility index (Phi) is 2.38. The highest BCUT2D eigenvalue weighted by atomic mass is 14.8. The minimum absolute atomic E-state index is 0.671. The SMILES string of the molecule is Cc1ccc(C2(C)C(C#N)(C#N)C2(C#N)C#N)cc1. The Morgan fingerprint density at radius 1 is 0.789 bits per heavy atom. The van der Waals surface area contributed by atoms with E-state index in [9.17, 15) is 21.0 Å². The number of benzene rings is 1. The van der Waals surface area contributed by atoms with E-state index in [1.165, 1.54) is 0 Å². The van der Waals surface area contributed by atoms with E-state index in [2.05, 4.69) is 0 Å². The van der Waals surface area contributed by atoms with Gasteiger partial charge in [-0.2, -0.15) is 21.0 Å². The number of nitriles is 4. The van der Waals surface area contributed by atoms with Crippen LogP contribution < -0.4 is 0 Å². The molecule has 2 rings (SSSR count). The van der Waals surface area contributed by atoms with Crippen molar-refractivity contribution in [3.8, 4) is 24.3 Å². The van der Waals surface area contributed by atoms with E-state index >= 15 is 0 Å². The molecule has 0 aliphatic heterocycles. The molecule has 0 aromatic heterocycles. The first-order chi connectivity index (χ1) is 8.99. The minimum atomic E-state index is -1.61. The van der Waals surface area contributed by atoms with E-state index in [0.717, 1.165) is 5.56 Å². The largest absolute Gasteiger partial charge is 0.196 e. The first-order valence-electron chi connectivity index (χ1n) is 5.72. The summed E-state index contributed by atoms with van der Waals surface area (Å²) in [6.07, 6.45) is 0. The Balaban J connectivity index is 2.73. The van der Waals surface area contributed by atoms with Crippen molar-refractivity contribution in [1.82, 2.24) is 0 Å². The first-order valence-corrected chi connectivity index (χ1v) is 5.72. The highest BCUT2D eigenvalue weighted by Gasteiger charge is 2.90. The van der Waals surface area contributed by atoms with Crippen LogP contribution in [0.25, 0.3) is 0 Å². The van der Waals surface area contributed by atoms with Crippen LogP contribution in [-0.2, 0) is 5.41 Å². The fraction of sp³-hybridized carbons (Fsp3) is 0.333. The third-order valence-electron chi connectivity index (χ3n) is 4.30. The summed E-state index contributed by atoms with van der Waals surface area (Å²) in [5.41, 5.74) is -2.60. The second-order valence-corrected chi connectivity index (χ2v) is 4.94. The smallest absolute Gasteiger partial charge is 0.188 e. The van der Waals surface area contributed by atoms with E-state index in [0.29, 0.717) is 5.56 Å². The minimum Gasteiger partial charge on any atom is -0.196 e. The molecule has 19 heavy (non-hydrogen) atoms. The van der Waals surface area contributed by atoms with E-state index < -0.39 is 16.2 Å². The molecule has 90 valence electrons. The summed E-state index contributed by atoms with van der Waals surface area (Å²) in [6, 6.07) is 14.8. The lowest BCUT2D eigenvalue weighted by Gasteiger charge is -2.12. The molecular weight excluding hydrogens is 236 g/mol. The average Bonchev–Trinajstić information content (AvgIpc) is 2.93. The third-order valence-corrected chi connectivity index (χ3v) is 4.30. The average molecular weight is 246 g/mol. The molecule has 1 aromatic carbocycles. The van der Waals surface area contributed by atoms with Crippen LogP contribution >= 0.6 is 0 Å². The topological polar surface area (TPSA) is 95.2 Å². The predicted octanol–water partition coefficient (Wildman–Crippen LogP) is 2.33. The molecule has 0 amide bonds. The van der Waals surface area contributed by atoms with Gasteiger partial charge in [0.2, 0.25) is 0 Å². The molecule has 0 radical (unpaired) electrons. The molecule has 0 spiro atoms. The van der Waals surface area contributed by atoms with Crippen molar-refractivity contribution in [3.05, 3.63) is 35.4 Å². The van der Waals surface area contributed by atoms with Crippen LogP contribution in [0.5, 0.6) is 0 Å². The van der Waals surface area contributed by atoms with Crippen molar-refractivity contribution in [2.45, 2.75) is 19.3 Å². The molecular formula is C15H10N4. The van der Waals surface area contributed by atoms with Gasteiger partial charge in [0.15, 0.2) is 10.8 Å². The molecule has 4 heteroatoms. The Morgan fingerprint density at radius 3 is 1.47 bits per heavy atom. The monoisotopic (exact) mass is 246 g/mol. The zero-order valence-corrected chi connectivity index (χ0v) is 10.6. The van der Waals surface area contributed by atoms with Crippen molar-refractivity contribution in [2.75, 3.05) is 0 Å². The second-order valence-electron chi connectivity index (χ2n) is 4.94. The molecule has 0 atom stereocenters. The van der Waals surface area contributed by atoms with Crippen LogP contribution in [0, 0.1) is 63.1 Å². The molecule has 1 fully saturated rings. The molecule has 1 aliphatic rings. The van der Waals surface area contributed by atoms with Gasteiger partial charge in [-0.05, 0) is 12.5 Å². The number of hydrogen-bond donors (Lipinski definition) is 0. The Hall–Kier alpha value is -2.82. The van der Waals surface area contributed by atoms with Crippen LogP contribution in [0.15, 0.2) is 24.3 Å². The van der Waals surface area contributed by atoms with Crippen LogP contribution in [0.2, 0.25) is 0 Å². The predicted molar refractivity (Wildman–Crippen MR) is 65.8 cm³/mol. The van der Waals surface area contributed by atoms with Gasteiger partial charge in [-0.15, -0.1) is 0 Å². The highest BCUT2D eigenvalue weighted by Crippen LogP contribution is 2.77. The zero-order valence-electron chi connectivity index (χ0n) is 10.6. The Bertz CT molecular complexity index is 635. The van der Waals surface area contributed by atoms with E-state index in [-0.39, 0.29) is 0 Å². The fourth-order valence-corrected chi connectivity index (χ4v) is 2.87. The lowest BCUT2D eigenvalue weighted by Crippen LogP contribution is -2.13. The summed E-state index contributed by atoms with van der Waals surface area (Å²) in [6.45, 7) is 3.55. The first kappa shape index (κ1) is 12.6. The maximum atomic E-state index is 9.33. The summed E-state index contributed by atoms with van der Waals surface area (Å²) in [4.78, 5) is 0. The summed E-state index contributed by atoms with van der Waals surface area (Å²) in [5.74, 6) is 0. The second kappa shape index (κ2) is 3.58. The van der Waals surface area contributed by atoms with Crippen molar-refractivity contribution in [1.29, 1.82) is 21.0 Å². The third kappa shape index (κ3) is 1.05. The molecule has 0 N–H and O–H groups in total. The maximum Gasteiger partial charge on any atom is 0.188 e. The summed E-state index contributed by atoms with van der Waals surface area (Å²) in [7, 11) is 0. The molecule has 1 saturated carbocycles. The van der Waals surface area contributed by atoms with Gasteiger partial charge >= 0.3 is 0 Å². The van der Waals surface area contributed by atoms with Crippen molar-refractivity contribution >= 4 is 0 Å². The molecule has 0 heterocycles. The normalized spacial score (nSPS) is 20.1. The molecule has 1 aromatic rings. The summed E-state index contributed by atoms with van der Waals surface area (Å²) in [5, 5.41) is 37.3. The van der Waals surface area contributed by atoms with E-state index in [1.807, 2.05) is 43.3 Å². The van der Waals surface area contributed by atoms with Gasteiger partial charge in [0, 0.05) is 0 Å². The Labute approximate surface area is 111 Å². The van der Waals surface area contributed by atoms with Gasteiger partial charge < -0.3 is 0 Å². The van der Waals surface area contributed by atoms with Crippen molar-refractivity contribution < 1.29 is 0 Å². The van der Waals surface area contributed by atoms with Crippen LogP contribution in [0.1, 0.15) is 18.1 Å². The summed E-state index contributed by atoms with van der Waals surface area (Å²) >= 11 is 0. The van der Waals surface area contributed by atoms with Crippen LogP contribution in [0.3, 0.4) is 0 Å². The van der Waals surface area contributed by atoms with Crippen molar-refractivity contribution in [3.63, 3.8) is 0 Å². The van der Waals surface area contributed by atoms with Gasteiger partial charge in [0.1, 0.15) is 0 Å². The number of aryl methyl sites for hydroxylation is 1. The number of rotatable bonds is 1. The molecule has 0 unspecified atom stereocenters. The molecule has 1 aliphatic carbocycles. The fourth-order valence-electron chi connectivity index (χ4n) is 2.87. The Morgan fingerprint density at radius 2 is 1.16 bits per heavy atom. The van der Waals surface area contributed by atoms with Crippen LogP contribution in [-0.4, -0.2) is 0 Å². The number of nitrogens with zero attached hydrogens (tertiary/aromatic N) is 4. The summed E-state index contributed by atoms with van der Waals surface area (Å²) < 4.78 is 0. The van der Waals surface area contributed by atoms with Crippen molar-refractivity contribution in [2.24, 2.45) is 10.8 Å². The van der Waals surface area contributed by atoms with Gasteiger partial charge in [0.25, 0.3) is 0 Å². The van der Waals surface area contributed by atoms with E-state index in [1.54, 1.807) is 19.1 Å². The standard InChI is InChI=1S/C15H10N4/c1-11-3-5-12(6-4-11)13(2)14(7-16,8-17)15(13,9-18)10-19/h3-6H,1-2H3. The highest BCUT2D eigenvalue weighted by molar-refractivity contribution is 5.64.